The zero-order valence-electron chi connectivity index (χ0n) is 8.01. The molecule has 0 aromatic carbocycles. The fourth-order valence-corrected chi connectivity index (χ4v) is 2.05. The second-order valence-corrected chi connectivity index (χ2v) is 4.31. The van der Waals surface area contributed by atoms with Crippen molar-refractivity contribution in [2.75, 3.05) is 19.6 Å². The number of hydrogen-bond donors (Lipinski definition) is 0. The molecular weight excluding hydrogens is 164 g/mol. The van der Waals surface area contributed by atoms with E-state index in [0.717, 1.165) is 38.8 Å². The highest BCUT2D eigenvalue weighted by atomic mass is 16.2. The third-order valence-electron chi connectivity index (χ3n) is 3.29. The number of amides is 1. The Bertz CT molecular complexity index is 205. The van der Waals surface area contributed by atoms with Crippen LogP contribution in [-0.4, -0.2) is 30.4 Å². The molecule has 1 aliphatic carbocycles. The van der Waals surface area contributed by atoms with Crippen LogP contribution in [0, 0.1) is 5.41 Å². The number of nitrogens with zero attached hydrogens (tertiary/aromatic N) is 1. The highest BCUT2D eigenvalue weighted by Crippen LogP contribution is 2.46. The first-order valence-electron chi connectivity index (χ1n) is 5.22. The first kappa shape index (κ1) is 9.00. The van der Waals surface area contributed by atoms with Gasteiger partial charge >= 0.3 is 0 Å². The predicted molar refractivity (Wildman–Crippen MR) is 50.1 cm³/mol. The fourth-order valence-electron chi connectivity index (χ4n) is 2.05. The minimum Gasteiger partial charge on any atom is -0.342 e. The summed E-state index contributed by atoms with van der Waals surface area (Å²) in [5.41, 5.74) is 7.13. The molecule has 3 nitrogen and oxygen atoms in total. The Hall–Kier alpha value is -0.570. The average molecular weight is 181 g/mol. The summed E-state index contributed by atoms with van der Waals surface area (Å²) in [5, 5.41) is 0. The molecule has 0 bridgehead atoms. The molecule has 0 spiro atoms. The van der Waals surface area contributed by atoms with Crippen molar-refractivity contribution in [1.82, 2.24) is 10.6 Å². The van der Waals surface area contributed by atoms with E-state index in [2.05, 4.69) is 0 Å². The minimum atomic E-state index is -0.239. The second kappa shape index (κ2) is 3.29. The van der Waals surface area contributed by atoms with Crippen molar-refractivity contribution in [3.63, 3.8) is 0 Å². The highest BCUT2D eigenvalue weighted by Gasteiger charge is 2.50. The molecule has 0 aromatic heterocycles. The molecule has 1 amide bonds. The van der Waals surface area contributed by atoms with Gasteiger partial charge in [-0.2, -0.15) is 0 Å². The Morgan fingerprint density at radius 1 is 1.23 bits per heavy atom. The van der Waals surface area contributed by atoms with Gasteiger partial charge in [-0.05, 0) is 32.1 Å². The van der Waals surface area contributed by atoms with Crippen LogP contribution in [0.25, 0.3) is 0 Å². The summed E-state index contributed by atoms with van der Waals surface area (Å²) >= 11 is 0. The van der Waals surface area contributed by atoms with Crippen LogP contribution in [0.15, 0.2) is 0 Å². The van der Waals surface area contributed by atoms with Crippen molar-refractivity contribution in [2.24, 2.45) is 5.41 Å². The van der Waals surface area contributed by atoms with Gasteiger partial charge in [-0.1, -0.05) is 0 Å². The van der Waals surface area contributed by atoms with Gasteiger partial charge in [0.05, 0.1) is 5.41 Å². The van der Waals surface area contributed by atoms with Gasteiger partial charge in [0.15, 0.2) is 0 Å². The third kappa shape index (κ3) is 1.57. The SMILES string of the molecule is [NH]CC1(C(=O)N2CCCCC2)CC1. The van der Waals surface area contributed by atoms with Crippen molar-refractivity contribution < 1.29 is 4.79 Å². The maximum absolute atomic E-state index is 11.9. The summed E-state index contributed by atoms with van der Waals surface area (Å²) in [5.74, 6) is 0.266. The summed E-state index contributed by atoms with van der Waals surface area (Å²) in [6.07, 6.45) is 5.47. The van der Waals surface area contributed by atoms with Crippen LogP contribution in [0.4, 0.5) is 0 Å². The lowest BCUT2D eigenvalue weighted by molar-refractivity contribution is -0.137. The molecule has 1 radical (unpaired) electrons. The standard InChI is InChI=1S/C10H17N2O/c11-8-10(4-5-10)9(13)12-6-2-1-3-7-12/h11H,1-8H2. The summed E-state index contributed by atoms with van der Waals surface area (Å²) in [6.45, 7) is 2.16. The van der Waals surface area contributed by atoms with E-state index in [1.54, 1.807) is 0 Å². The quantitative estimate of drug-likeness (QED) is 0.628. The Labute approximate surface area is 79.3 Å². The van der Waals surface area contributed by atoms with Gasteiger partial charge in [0.2, 0.25) is 5.91 Å². The molecule has 2 fully saturated rings. The van der Waals surface area contributed by atoms with Gasteiger partial charge in [0.25, 0.3) is 0 Å². The fraction of sp³-hybridized carbons (Fsp3) is 0.900. The molecule has 3 heteroatoms. The largest absolute Gasteiger partial charge is 0.342 e. The lowest BCUT2D eigenvalue weighted by Crippen LogP contribution is -2.42. The van der Waals surface area contributed by atoms with Crippen LogP contribution in [0.5, 0.6) is 0 Å². The summed E-state index contributed by atoms with van der Waals surface area (Å²) in [4.78, 5) is 13.9. The van der Waals surface area contributed by atoms with E-state index in [0.29, 0.717) is 6.54 Å². The Kier molecular flexibility index (Phi) is 2.28. The van der Waals surface area contributed by atoms with Gasteiger partial charge in [-0.25, -0.2) is 0 Å². The van der Waals surface area contributed by atoms with E-state index in [4.69, 9.17) is 5.73 Å². The molecule has 0 atom stereocenters. The van der Waals surface area contributed by atoms with Gasteiger partial charge in [0.1, 0.15) is 0 Å². The predicted octanol–water partition coefficient (Wildman–Crippen LogP) is 1.06. The van der Waals surface area contributed by atoms with Gasteiger partial charge in [-0.15, -0.1) is 0 Å². The van der Waals surface area contributed by atoms with Crippen LogP contribution in [0.2, 0.25) is 0 Å². The molecular formula is C10H17N2O. The first-order valence-corrected chi connectivity index (χ1v) is 5.22. The van der Waals surface area contributed by atoms with Crippen LogP contribution in [0.3, 0.4) is 0 Å². The molecule has 2 aliphatic rings. The highest BCUT2D eigenvalue weighted by molar-refractivity contribution is 5.85. The summed E-state index contributed by atoms with van der Waals surface area (Å²) < 4.78 is 0. The lowest BCUT2D eigenvalue weighted by Gasteiger charge is -2.29. The maximum Gasteiger partial charge on any atom is 0.230 e. The van der Waals surface area contributed by atoms with Crippen LogP contribution >= 0.6 is 0 Å². The maximum atomic E-state index is 11.9. The molecule has 1 saturated heterocycles. The Morgan fingerprint density at radius 3 is 2.31 bits per heavy atom. The second-order valence-electron chi connectivity index (χ2n) is 4.31. The average Bonchev–Trinajstić information content (AvgIpc) is 2.99. The molecule has 1 N–H and O–H groups in total. The van der Waals surface area contributed by atoms with E-state index >= 15 is 0 Å². The molecule has 0 unspecified atom stereocenters. The van der Waals surface area contributed by atoms with E-state index in [1.165, 1.54) is 6.42 Å². The number of piperidine rings is 1. The van der Waals surface area contributed by atoms with Gasteiger partial charge in [0, 0.05) is 19.6 Å². The van der Waals surface area contributed by atoms with Crippen molar-refractivity contribution in [3.05, 3.63) is 0 Å². The number of nitrogens with one attached hydrogen (secondary N) is 1. The zero-order valence-corrected chi connectivity index (χ0v) is 8.01. The van der Waals surface area contributed by atoms with E-state index < -0.39 is 0 Å². The van der Waals surface area contributed by atoms with Crippen LogP contribution < -0.4 is 5.73 Å². The van der Waals surface area contributed by atoms with Crippen molar-refractivity contribution >= 4 is 5.91 Å². The number of likely N-dealkylation sites (tertiary alicyclic amines) is 1. The van der Waals surface area contributed by atoms with E-state index in [1.807, 2.05) is 4.90 Å². The van der Waals surface area contributed by atoms with Crippen LogP contribution in [0.1, 0.15) is 32.1 Å². The molecule has 73 valence electrons. The monoisotopic (exact) mass is 181 g/mol. The van der Waals surface area contributed by atoms with E-state index in [9.17, 15) is 4.79 Å². The van der Waals surface area contributed by atoms with Crippen molar-refractivity contribution in [2.45, 2.75) is 32.1 Å². The molecule has 1 saturated carbocycles. The van der Waals surface area contributed by atoms with Crippen molar-refractivity contribution in [3.8, 4) is 0 Å². The number of carbonyl (C=O) groups excluding carboxylic acids is 1. The topological polar surface area (TPSA) is 44.1 Å². The molecule has 1 aliphatic heterocycles. The van der Waals surface area contributed by atoms with Gasteiger partial charge < -0.3 is 4.90 Å². The Morgan fingerprint density at radius 2 is 1.85 bits per heavy atom. The molecule has 0 aromatic rings. The lowest BCUT2D eigenvalue weighted by atomic mass is 10.0. The molecule has 13 heavy (non-hydrogen) atoms. The smallest absolute Gasteiger partial charge is 0.230 e. The molecule has 2 rings (SSSR count). The summed E-state index contributed by atoms with van der Waals surface area (Å²) in [7, 11) is 0. The third-order valence-corrected chi connectivity index (χ3v) is 3.29. The molecule has 1 heterocycles. The Balaban J connectivity index is 1.95. The van der Waals surface area contributed by atoms with Crippen LogP contribution in [-0.2, 0) is 4.79 Å². The number of hydrogen-bond acceptors (Lipinski definition) is 1. The van der Waals surface area contributed by atoms with E-state index in [-0.39, 0.29) is 11.3 Å². The minimum absolute atomic E-state index is 0.239. The summed E-state index contributed by atoms with van der Waals surface area (Å²) in [6, 6.07) is 0. The number of carbonyl (C=O) groups is 1. The number of rotatable bonds is 2. The zero-order chi connectivity index (χ0) is 9.31. The normalized spacial score (nSPS) is 25.8. The van der Waals surface area contributed by atoms with Crippen molar-refractivity contribution in [1.29, 1.82) is 0 Å². The van der Waals surface area contributed by atoms with Gasteiger partial charge in [-0.3, -0.25) is 10.5 Å². The first-order chi connectivity index (χ1) is 6.28.